The van der Waals surface area contributed by atoms with Crippen molar-refractivity contribution in [3.8, 4) is 5.75 Å². The molecule has 11 nitrogen and oxygen atoms in total. The van der Waals surface area contributed by atoms with Crippen molar-refractivity contribution in [1.29, 1.82) is 0 Å². The minimum atomic E-state index is -3.78. The normalized spacial score (nSPS) is 14.6. The minimum Gasteiger partial charge on any atom is -0.497 e. The van der Waals surface area contributed by atoms with Crippen LogP contribution in [0.2, 0.25) is 0 Å². The number of amides is 2. The van der Waals surface area contributed by atoms with Gasteiger partial charge in [0.1, 0.15) is 5.75 Å². The first kappa shape index (κ1) is 42.1. The van der Waals surface area contributed by atoms with Crippen LogP contribution in [0.3, 0.4) is 0 Å². The first-order valence-electron chi connectivity index (χ1n) is 15.8. The summed E-state index contributed by atoms with van der Waals surface area (Å²) in [7, 11) is -2.26. The smallest absolute Gasteiger partial charge is 0.379 e. The van der Waals surface area contributed by atoms with Crippen molar-refractivity contribution in [1.82, 2.24) is 9.62 Å². The fraction of sp³-hybridized carbons (Fsp3) is 0.606. The van der Waals surface area contributed by atoms with E-state index in [1.165, 1.54) is 23.5 Å². The van der Waals surface area contributed by atoms with E-state index < -0.39 is 22.1 Å². The van der Waals surface area contributed by atoms with Gasteiger partial charge in [0, 0.05) is 38.1 Å². The van der Waals surface area contributed by atoms with Gasteiger partial charge in [0.2, 0.25) is 10.0 Å². The Hall–Kier alpha value is -2.90. The van der Waals surface area contributed by atoms with Gasteiger partial charge in [-0.2, -0.15) is 4.31 Å². The van der Waals surface area contributed by atoms with E-state index in [4.69, 9.17) is 19.3 Å². The molecule has 3 rings (SSSR count). The summed E-state index contributed by atoms with van der Waals surface area (Å²) in [5.74, 6) is 1.28. The number of benzene rings is 2. The lowest BCUT2D eigenvalue weighted by Gasteiger charge is -2.26. The zero-order chi connectivity index (χ0) is 34.1. The van der Waals surface area contributed by atoms with E-state index in [2.05, 4.69) is 10.5 Å². The first-order valence-corrected chi connectivity index (χ1v) is 17.2. The Bertz CT molecular complexity index is 1130. The Morgan fingerprint density at radius 2 is 1.73 bits per heavy atom. The molecule has 1 fully saturated rings. The first-order chi connectivity index (χ1) is 21.7. The van der Waals surface area contributed by atoms with Gasteiger partial charge in [-0.1, -0.05) is 71.9 Å². The van der Waals surface area contributed by atoms with Crippen LogP contribution in [0.1, 0.15) is 66.4 Å². The van der Waals surface area contributed by atoms with Crippen molar-refractivity contribution in [2.75, 3.05) is 46.6 Å². The molecule has 1 aliphatic rings. The van der Waals surface area contributed by atoms with Crippen LogP contribution in [0.4, 0.5) is 4.79 Å². The number of hydrogen-bond acceptors (Lipinski definition) is 8. The van der Waals surface area contributed by atoms with Gasteiger partial charge in [0.05, 0.1) is 31.3 Å². The molecule has 2 atom stereocenters. The molecule has 0 saturated carbocycles. The molecule has 2 aromatic rings. The third-order valence-corrected chi connectivity index (χ3v) is 8.27. The second-order valence-electron chi connectivity index (χ2n) is 10.2. The maximum Gasteiger partial charge on any atom is 0.379 e. The number of hydrogen-bond donors (Lipinski definition) is 2. The van der Waals surface area contributed by atoms with Crippen LogP contribution >= 0.6 is 0 Å². The van der Waals surface area contributed by atoms with Crippen molar-refractivity contribution in [2.24, 2.45) is 17.0 Å². The van der Waals surface area contributed by atoms with Gasteiger partial charge in [-0.25, -0.2) is 13.2 Å². The van der Waals surface area contributed by atoms with Crippen LogP contribution in [0.15, 0.2) is 64.7 Å². The van der Waals surface area contributed by atoms with E-state index >= 15 is 0 Å². The lowest BCUT2D eigenvalue weighted by Crippen LogP contribution is -2.42. The molecule has 2 aromatic carbocycles. The number of carbonyl (C=O) groups excluding carboxylic acids is 1. The molecule has 0 aliphatic carbocycles. The SMILES string of the molecule is CC.CC.COc1ccc(S(=O)(=O)N(CC[C@H](COCc2ccccc2)NC(=O)N=O)CC(C)C)cc1.OCC[C@H]1CCOC1. The fourth-order valence-corrected chi connectivity index (χ4v) is 5.82. The monoisotopic (exact) mass is 653 g/mol. The molecular formula is C33H55N3O8S. The van der Waals surface area contributed by atoms with Crippen LogP contribution in [-0.4, -0.2) is 76.5 Å². The lowest BCUT2D eigenvalue weighted by molar-refractivity contribution is 0.0968. The highest BCUT2D eigenvalue weighted by molar-refractivity contribution is 7.89. The number of nitroso groups, excluding NO2 is 1. The molecule has 2 amide bonds. The second kappa shape index (κ2) is 25.3. The summed E-state index contributed by atoms with van der Waals surface area (Å²) in [6.07, 6.45) is 2.30. The van der Waals surface area contributed by atoms with Crippen molar-refractivity contribution >= 4 is 16.1 Å². The van der Waals surface area contributed by atoms with Gasteiger partial charge in [0.25, 0.3) is 0 Å². The maximum atomic E-state index is 13.3. The average molecular weight is 654 g/mol. The molecule has 2 N–H and O–H groups in total. The van der Waals surface area contributed by atoms with Crippen LogP contribution in [0.5, 0.6) is 5.75 Å². The summed E-state index contributed by atoms with van der Waals surface area (Å²) in [6.45, 7) is 14.8. The highest BCUT2D eigenvalue weighted by Gasteiger charge is 2.26. The molecule has 0 unspecified atom stereocenters. The molecule has 12 heteroatoms. The number of nitrogens with zero attached hydrogens (tertiary/aromatic N) is 2. The highest BCUT2D eigenvalue weighted by Crippen LogP contribution is 2.21. The summed E-state index contributed by atoms with van der Waals surface area (Å²) < 4.78 is 43.8. The lowest BCUT2D eigenvalue weighted by atomic mass is 10.1. The van der Waals surface area contributed by atoms with E-state index in [1.807, 2.05) is 71.9 Å². The quantitative estimate of drug-likeness (QED) is 0.215. The zero-order valence-corrected chi connectivity index (χ0v) is 28.9. The molecule has 45 heavy (non-hydrogen) atoms. The van der Waals surface area contributed by atoms with E-state index in [0.29, 0.717) is 31.4 Å². The van der Waals surface area contributed by atoms with Crippen LogP contribution in [0.25, 0.3) is 0 Å². The van der Waals surface area contributed by atoms with Gasteiger partial charge < -0.3 is 24.6 Å². The molecule has 0 aromatic heterocycles. The van der Waals surface area contributed by atoms with E-state index in [1.54, 1.807) is 12.1 Å². The number of sulfonamides is 1. The van der Waals surface area contributed by atoms with Crippen LogP contribution in [-0.2, 0) is 26.1 Å². The number of methoxy groups -OCH3 is 1. The Morgan fingerprint density at radius 3 is 2.24 bits per heavy atom. The molecule has 1 aliphatic heterocycles. The summed E-state index contributed by atoms with van der Waals surface area (Å²) in [6, 6.07) is 14.1. The summed E-state index contributed by atoms with van der Waals surface area (Å²) in [5, 5.41) is 13.3. The number of aliphatic hydroxyl groups excluding tert-OH is 1. The van der Waals surface area contributed by atoms with Crippen LogP contribution in [0, 0.1) is 16.7 Å². The molecule has 1 saturated heterocycles. The third-order valence-electron chi connectivity index (χ3n) is 6.40. The van der Waals surface area contributed by atoms with Gasteiger partial charge >= 0.3 is 6.03 Å². The third kappa shape index (κ3) is 17.4. The van der Waals surface area contributed by atoms with Crippen molar-refractivity contribution in [3.63, 3.8) is 0 Å². The number of ether oxygens (including phenoxy) is 3. The van der Waals surface area contributed by atoms with Gasteiger partial charge in [-0.05, 0) is 60.9 Å². The molecule has 256 valence electrons. The Labute approximate surface area is 270 Å². The predicted octanol–water partition coefficient (Wildman–Crippen LogP) is 6.25. The Balaban J connectivity index is 0.00000136. The molecule has 0 radical (unpaired) electrons. The number of carbonyl (C=O) groups is 1. The average Bonchev–Trinajstić information content (AvgIpc) is 3.59. The Morgan fingerprint density at radius 1 is 1.09 bits per heavy atom. The van der Waals surface area contributed by atoms with E-state index in [0.717, 1.165) is 31.6 Å². The predicted molar refractivity (Wildman–Crippen MR) is 179 cm³/mol. The van der Waals surface area contributed by atoms with Crippen molar-refractivity contribution in [2.45, 2.75) is 78.3 Å². The van der Waals surface area contributed by atoms with Gasteiger partial charge in [0.15, 0.2) is 0 Å². The zero-order valence-electron chi connectivity index (χ0n) is 28.1. The van der Waals surface area contributed by atoms with Gasteiger partial charge in [-0.3, -0.25) is 0 Å². The molecule has 0 spiro atoms. The maximum absolute atomic E-state index is 13.3. The molecular weight excluding hydrogens is 598 g/mol. The summed E-state index contributed by atoms with van der Waals surface area (Å²) in [5.41, 5.74) is 0.958. The van der Waals surface area contributed by atoms with Gasteiger partial charge in [-0.15, -0.1) is 4.91 Å². The number of aliphatic hydroxyl groups is 1. The minimum absolute atomic E-state index is 0.0806. The van der Waals surface area contributed by atoms with E-state index in [-0.39, 0.29) is 30.4 Å². The van der Waals surface area contributed by atoms with E-state index in [9.17, 15) is 18.1 Å². The second-order valence-corrected chi connectivity index (χ2v) is 12.1. The number of nitrogens with one attached hydrogen (secondary N) is 1. The van der Waals surface area contributed by atoms with Crippen molar-refractivity contribution in [3.05, 3.63) is 65.1 Å². The number of urea groups is 1. The fourth-order valence-electron chi connectivity index (χ4n) is 4.20. The molecule has 0 bridgehead atoms. The summed E-state index contributed by atoms with van der Waals surface area (Å²) in [4.78, 5) is 22.3. The highest BCUT2D eigenvalue weighted by atomic mass is 32.2. The molecule has 1 heterocycles. The largest absolute Gasteiger partial charge is 0.497 e. The Kier molecular flexibility index (Phi) is 23.7. The summed E-state index contributed by atoms with van der Waals surface area (Å²) >= 11 is 0. The number of rotatable bonds is 15. The standard InChI is InChI=1S/C23H31N3O6S.C6H12O2.2C2H6/c1-18(2)15-26(33(29,30)22-11-9-21(31-3)10-12-22)14-13-20(24-23(27)25-28)17-32-16-19-7-5-4-6-8-19;7-3-1-6-2-4-8-5-6;2*1-2/h4-12,18,20H,13-17H2,1-3H3,(H,24,27);6-7H,1-5H2;2*1-2H3/t20-;6-;;/m10../s1. The topological polar surface area (TPSA) is 144 Å². The van der Waals surface area contributed by atoms with Crippen molar-refractivity contribution < 1.29 is 32.5 Å². The van der Waals surface area contributed by atoms with Crippen LogP contribution < -0.4 is 10.1 Å².